The van der Waals surface area contributed by atoms with Crippen molar-refractivity contribution in [2.45, 2.75) is 30.8 Å². The maximum absolute atomic E-state index is 13.0. The molecule has 6 nitrogen and oxygen atoms in total. The van der Waals surface area contributed by atoms with E-state index in [0.717, 1.165) is 16.7 Å². The fourth-order valence-electron chi connectivity index (χ4n) is 4.21. The summed E-state index contributed by atoms with van der Waals surface area (Å²) in [7, 11) is -2.34. The van der Waals surface area contributed by atoms with Crippen molar-refractivity contribution in [1.29, 1.82) is 0 Å². The SMILES string of the molecule is COc1cccc(C2C(COS(=O)(=O)c3ccc(C)cc3)CC(=O)N2Cc2ccccc2)c1. The quantitative estimate of drug-likeness (QED) is 0.458. The molecule has 3 aromatic rings. The first-order chi connectivity index (χ1) is 15.9. The molecule has 1 aliphatic rings. The predicted octanol–water partition coefficient (Wildman–Crippen LogP) is 4.50. The molecule has 2 atom stereocenters. The van der Waals surface area contributed by atoms with E-state index in [1.54, 1.807) is 24.1 Å². The monoisotopic (exact) mass is 465 g/mol. The van der Waals surface area contributed by atoms with E-state index in [-0.39, 0.29) is 35.8 Å². The van der Waals surface area contributed by atoms with Crippen molar-refractivity contribution >= 4 is 16.0 Å². The van der Waals surface area contributed by atoms with Crippen LogP contribution >= 0.6 is 0 Å². The van der Waals surface area contributed by atoms with E-state index >= 15 is 0 Å². The summed E-state index contributed by atoms with van der Waals surface area (Å²) >= 11 is 0. The molecule has 7 heteroatoms. The van der Waals surface area contributed by atoms with Gasteiger partial charge in [0.05, 0.1) is 24.7 Å². The highest BCUT2D eigenvalue weighted by atomic mass is 32.2. The van der Waals surface area contributed by atoms with Crippen molar-refractivity contribution in [3.8, 4) is 5.75 Å². The summed E-state index contributed by atoms with van der Waals surface area (Å²) in [5.41, 5.74) is 2.86. The number of methoxy groups -OCH3 is 1. The van der Waals surface area contributed by atoms with Crippen LogP contribution in [0.4, 0.5) is 0 Å². The Morgan fingerprint density at radius 3 is 2.39 bits per heavy atom. The number of carbonyl (C=O) groups is 1. The molecule has 0 N–H and O–H groups in total. The van der Waals surface area contributed by atoms with E-state index < -0.39 is 10.1 Å². The second-order valence-corrected chi connectivity index (χ2v) is 9.86. The maximum atomic E-state index is 13.0. The molecule has 1 amide bonds. The Balaban J connectivity index is 1.61. The Morgan fingerprint density at radius 1 is 0.970 bits per heavy atom. The van der Waals surface area contributed by atoms with Crippen molar-refractivity contribution < 1.29 is 22.1 Å². The van der Waals surface area contributed by atoms with Gasteiger partial charge in [-0.1, -0.05) is 60.2 Å². The Hall–Kier alpha value is -3.16. The average Bonchev–Trinajstić information content (AvgIpc) is 3.13. The molecule has 0 aromatic heterocycles. The Morgan fingerprint density at radius 2 is 1.70 bits per heavy atom. The van der Waals surface area contributed by atoms with Crippen molar-refractivity contribution in [2.24, 2.45) is 5.92 Å². The largest absolute Gasteiger partial charge is 0.497 e. The van der Waals surface area contributed by atoms with Crippen LogP contribution in [0.1, 0.15) is 29.2 Å². The number of benzene rings is 3. The van der Waals surface area contributed by atoms with Gasteiger partial charge in [0.1, 0.15) is 5.75 Å². The molecule has 1 heterocycles. The molecule has 1 saturated heterocycles. The molecular weight excluding hydrogens is 438 g/mol. The van der Waals surface area contributed by atoms with Gasteiger partial charge in [-0.2, -0.15) is 8.42 Å². The van der Waals surface area contributed by atoms with E-state index in [9.17, 15) is 13.2 Å². The number of amides is 1. The van der Waals surface area contributed by atoms with Gasteiger partial charge in [0.25, 0.3) is 10.1 Å². The van der Waals surface area contributed by atoms with Crippen LogP contribution in [0.2, 0.25) is 0 Å². The second kappa shape index (κ2) is 9.77. The smallest absolute Gasteiger partial charge is 0.296 e. The van der Waals surface area contributed by atoms with Gasteiger partial charge in [-0.15, -0.1) is 0 Å². The van der Waals surface area contributed by atoms with Crippen LogP contribution in [0.5, 0.6) is 5.75 Å². The first-order valence-electron chi connectivity index (χ1n) is 10.8. The highest BCUT2D eigenvalue weighted by Crippen LogP contribution is 2.40. The van der Waals surface area contributed by atoms with E-state index in [2.05, 4.69) is 0 Å². The number of hydrogen-bond donors (Lipinski definition) is 0. The van der Waals surface area contributed by atoms with Gasteiger partial charge < -0.3 is 9.64 Å². The Kier molecular flexibility index (Phi) is 6.81. The van der Waals surface area contributed by atoms with Gasteiger partial charge in [0.2, 0.25) is 5.91 Å². The van der Waals surface area contributed by atoms with Crippen molar-refractivity contribution in [3.05, 3.63) is 95.6 Å². The first kappa shape index (κ1) is 23.0. The zero-order chi connectivity index (χ0) is 23.4. The molecule has 0 saturated carbocycles. The fraction of sp³-hybridized carbons (Fsp3) is 0.269. The lowest BCUT2D eigenvalue weighted by atomic mass is 9.94. The minimum Gasteiger partial charge on any atom is -0.497 e. The van der Waals surface area contributed by atoms with E-state index in [1.807, 2.05) is 61.5 Å². The van der Waals surface area contributed by atoms with Crippen LogP contribution in [-0.2, 0) is 25.6 Å². The lowest BCUT2D eigenvalue weighted by Gasteiger charge is -2.29. The minimum absolute atomic E-state index is 0.0343. The van der Waals surface area contributed by atoms with Crippen LogP contribution in [0, 0.1) is 12.8 Å². The predicted molar refractivity (Wildman–Crippen MR) is 125 cm³/mol. The molecule has 172 valence electrons. The summed E-state index contributed by atoms with van der Waals surface area (Å²) < 4.78 is 36.4. The molecule has 1 fully saturated rings. The Bertz CT molecular complexity index is 1210. The van der Waals surface area contributed by atoms with Crippen LogP contribution < -0.4 is 4.74 Å². The molecule has 2 unspecified atom stereocenters. The Labute approximate surface area is 194 Å². The van der Waals surface area contributed by atoms with E-state index in [0.29, 0.717) is 12.3 Å². The number of aryl methyl sites for hydroxylation is 1. The summed E-state index contributed by atoms with van der Waals surface area (Å²) in [4.78, 5) is 15.0. The van der Waals surface area contributed by atoms with Gasteiger partial charge in [0, 0.05) is 18.9 Å². The molecule has 0 aliphatic carbocycles. The zero-order valence-electron chi connectivity index (χ0n) is 18.7. The molecule has 0 bridgehead atoms. The third kappa shape index (κ3) is 5.26. The summed E-state index contributed by atoms with van der Waals surface area (Å²) in [6.45, 7) is 2.24. The fourth-order valence-corrected chi connectivity index (χ4v) is 5.17. The molecule has 3 aromatic carbocycles. The first-order valence-corrected chi connectivity index (χ1v) is 12.2. The lowest BCUT2D eigenvalue weighted by Crippen LogP contribution is -2.29. The molecule has 0 radical (unpaired) electrons. The zero-order valence-corrected chi connectivity index (χ0v) is 19.5. The maximum Gasteiger partial charge on any atom is 0.296 e. The van der Waals surface area contributed by atoms with Gasteiger partial charge in [-0.25, -0.2) is 0 Å². The van der Waals surface area contributed by atoms with Gasteiger partial charge in [0.15, 0.2) is 0 Å². The standard InChI is InChI=1S/C26H27NO5S/c1-19-11-13-24(14-12-19)33(29,30)32-18-22-16-25(28)27(17-20-7-4-3-5-8-20)26(22)21-9-6-10-23(15-21)31-2/h3-15,22,26H,16-18H2,1-2H3. The van der Waals surface area contributed by atoms with Crippen LogP contribution in [-0.4, -0.2) is 32.9 Å². The molecule has 4 rings (SSSR count). The number of nitrogens with zero attached hydrogens (tertiary/aromatic N) is 1. The van der Waals surface area contributed by atoms with Crippen molar-refractivity contribution in [2.75, 3.05) is 13.7 Å². The van der Waals surface area contributed by atoms with Crippen LogP contribution in [0.25, 0.3) is 0 Å². The highest BCUT2D eigenvalue weighted by Gasteiger charge is 2.41. The second-order valence-electron chi connectivity index (χ2n) is 8.24. The number of likely N-dealkylation sites (tertiary alicyclic amines) is 1. The van der Waals surface area contributed by atoms with Crippen molar-refractivity contribution in [3.63, 3.8) is 0 Å². The van der Waals surface area contributed by atoms with E-state index in [4.69, 9.17) is 8.92 Å². The number of hydrogen-bond acceptors (Lipinski definition) is 5. The molecule has 1 aliphatic heterocycles. The summed E-state index contributed by atoms with van der Waals surface area (Å²) in [6.07, 6.45) is 0.206. The highest BCUT2D eigenvalue weighted by molar-refractivity contribution is 7.86. The van der Waals surface area contributed by atoms with Crippen LogP contribution in [0.3, 0.4) is 0 Å². The number of ether oxygens (including phenoxy) is 1. The topological polar surface area (TPSA) is 72.9 Å². The summed E-state index contributed by atoms with van der Waals surface area (Å²) in [5.74, 6) is 0.319. The molecule has 0 spiro atoms. The van der Waals surface area contributed by atoms with Gasteiger partial charge >= 0.3 is 0 Å². The normalized spacial score (nSPS) is 18.5. The molecule has 33 heavy (non-hydrogen) atoms. The molecular formula is C26H27NO5S. The number of carbonyl (C=O) groups excluding carboxylic acids is 1. The average molecular weight is 466 g/mol. The third-order valence-electron chi connectivity index (χ3n) is 5.92. The third-order valence-corrected chi connectivity index (χ3v) is 7.21. The summed E-state index contributed by atoms with van der Waals surface area (Å²) in [5, 5.41) is 0. The van der Waals surface area contributed by atoms with Gasteiger partial charge in [-0.05, 0) is 42.3 Å². The van der Waals surface area contributed by atoms with Crippen LogP contribution in [0.15, 0.2) is 83.8 Å². The van der Waals surface area contributed by atoms with Crippen molar-refractivity contribution in [1.82, 2.24) is 4.90 Å². The lowest BCUT2D eigenvalue weighted by molar-refractivity contribution is -0.129. The van der Waals surface area contributed by atoms with Gasteiger partial charge in [-0.3, -0.25) is 8.98 Å². The summed E-state index contributed by atoms with van der Waals surface area (Å²) in [6, 6.07) is 23.5. The number of rotatable bonds is 8. The van der Waals surface area contributed by atoms with E-state index in [1.165, 1.54) is 12.1 Å². The minimum atomic E-state index is -3.93.